The van der Waals surface area contributed by atoms with Gasteiger partial charge in [-0.3, -0.25) is 4.31 Å². The van der Waals surface area contributed by atoms with E-state index in [1.54, 1.807) is 19.1 Å². The van der Waals surface area contributed by atoms with E-state index in [0.717, 1.165) is 39.9 Å². The van der Waals surface area contributed by atoms with Crippen LogP contribution in [0.4, 0.5) is 11.5 Å². The van der Waals surface area contributed by atoms with Gasteiger partial charge in [0.2, 0.25) is 0 Å². The Hall–Kier alpha value is -2.64. The number of β-amino-alcohol motifs (C(OH)–C–C–N with tert-alkyl or cyclic N) is 1. The first-order valence-electron chi connectivity index (χ1n) is 10.7. The molecule has 0 radical (unpaired) electrons. The van der Waals surface area contributed by atoms with Gasteiger partial charge in [-0.25, -0.2) is 0 Å². The van der Waals surface area contributed by atoms with Crippen molar-refractivity contribution in [3.8, 4) is 17.1 Å². The van der Waals surface area contributed by atoms with Crippen LogP contribution in [0.3, 0.4) is 0 Å². The minimum Gasteiger partial charge on any atom is -0.496 e. The Labute approximate surface area is 185 Å². The highest BCUT2D eigenvalue weighted by atomic mass is 32.2. The molecule has 6 nitrogen and oxygen atoms in total. The second kappa shape index (κ2) is 6.93. The second-order valence-electron chi connectivity index (χ2n) is 8.80. The summed E-state index contributed by atoms with van der Waals surface area (Å²) in [6.07, 6.45) is 3.15. The molecule has 1 saturated carbocycles. The maximum absolute atomic E-state index is 9.70. The number of fused-ring (bicyclic) bond motifs is 4. The number of hydrogen-bond acceptors (Lipinski definition) is 7. The van der Waals surface area contributed by atoms with Crippen molar-refractivity contribution in [1.82, 2.24) is 5.16 Å². The summed E-state index contributed by atoms with van der Waals surface area (Å²) in [7, 11) is 3.72. The van der Waals surface area contributed by atoms with Gasteiger partial charge in [0.25, 0.3) is 0 Å². The Morgan fingerprint density at radius 1 is 1.23 bits per heavy atom. The van der Waals surface area contributed by atoms with Gasteiger partial charge in [-0.1, -0.05) is 23.4 Å². The van der Waals surface area contributed by atoms with Gasteiger partial charge in [0, 0.05) is 42.4 Å². The van der Waals surface area contributed by atoms with E-state index in [-0.39, 0.29) is 11.5 Å². The van der Waals surface area contributed by atoms with Crippen molar-refractivity contribution in [2.75, 3.05) is 36.5 Å². The molecule has 1 aromatic heterocycles. The zero-order valence-electron chi connectivity index (χ0n) is 17.7. The van der Waals surface area contributed by atoms with Crippen LogP contribution in [0.2, 0.25) is 0 Å². The summed E-state index contributed by atoms with van der Waals surface area (Å²) < 4.78 is 13.5. The third-order valence-electron chi connectivity index (χ3n) is 6.79. The van der Waals surface area contributed by atoms with Crippen molar-refractivity contribution in [1.29, 1.82) is 0 Å². The summed E-state index contributed by atoms with van der Waals surface area (Å²) in [5, 5.41) is 14.2. The summed E-state index contributed by atoms with van der Waals surface area (Å²) in [5.74, 6) is 2.62. The van der Waals surface area contributed by atoms with Crippen molar-refractivity contribution >= 4 is 23.5 Å². The molecule has 0 atom stereocenters. The molecule has 1 aliphatic heterocycles. The molecular weight excluding hydrogens is 410 g/mol. The standard InChI is InChI=1S/C24H25N3O3S/c1-26(31-21-6-4-3-5-20(21)29-2)23-18-12-24(9-10-24)19-8-7-15(27-13-16(28)14-27)11-17(19)22(18)30-25-23/h3-8,11,16,28H,9-10,12-14H2,1-2H3. The van der Waals surface area contributed by atoms with Crippen LogP contribution in [0.25, 0.3) is 11.3 Å². The SMILES string of the molecule is COc1ccccc1SN(C)c1noc2c1CC1(CC1)c1ccc(N3CC(O)C3)cc1-2. The molecule has 2 aromatic carbocycles. The largest absolute Gasteiger partial charge is 0.496 e. The fourth-order valence-corrected chi connectivity index (χ4v) is 5.79. The predicted molar refractivity (Wildman–Crippen MR) is 122 cm³/mol. The van der Waals surface area contributed by atoms with E-state index in [9.17, 15) is 5.11 Å². The minimum atomic E-state index is -0.223. The van der Waals surface area contributed by atoms with E-state index in [1.165, 1.54) is 24.0 Å². The van der Waals surface area contributed by atoms with E-state index in [2.05, 4.69) is 38.6 Å². The molecule has 3 aliphatic rings. The molecule has 2 heterocycles. The van der Waals surface area contributed by atoms with Gasteiger partial charge < -0.3 is 19.3 Å². The van der Waals surface area contributed by atoms with E-state index in [4.69, 9.17) is 9.26 Å². The first kappa shape index (κ1) is 19.1. The highest BCUT2D eigenvalue weighted by Gasteiger charge is 2.50. The smallest absolute Gasteiger partial charge is 0.185 e. The third-order valence-corrected chi connectivity index (χ3v) is 7.77. The van der Waals surface area contributed by atoms with Crippen LogP contribution in [0.15, 0.2) is 51.9 Å². The lowest BCUT2D eigenvalue weighted by Crippen LogP contribution is -2.50. The molecule has 160 valence electrons. The lowest BCUT2D eigenvalue weighted by Gasteiger charge is -2.38. The zero-order valence-corrected chi connectivity index (χ0v) is 18.5. The maximum atomic E-state index is 9.70. The molecule has 0 amide bonds. The molecular formula is C24H25N3O3S. The quantitative estimate of drug-likeness (QED) is 0.601. The van der Waals surface area contributed by atoms with E-state index < -0.39 is 0 Å². The molecule has 3 aromatic rings. The Balaban J connectivity index is 1.37. The van der Waals surface area contributed by atoms with Crippen LogP contribution in [-0.4, -0.2) is 43.6 Å². The summed E-state index contributed by atoms with van der Waals surface area (Å²) in [6, 6.07) is 14.7. The zero-order chi connectivity index (χ0) is 21.2. The molecule has 1 N–H and O–H groups in total. The summed E-state index contributed by atoms with van der Waals surface area (Å²) >= 11 is 1.60. The average Bonchev–Trinajstić information content (AvgIpc) is 3.40. The fourth-order valence-electron chi connectivity index (χ4n) is 4.88. The van der Waals surface area contributed by atoms with Gasteiger partial charge >= 0.3 is 0 Å². The number of ether oxygens (including phenoxy) is 1. The van der Waals surface area contributed by atoms with Crippen LogP contribution in [0.1, 0.15) is 24.0 Å². The van der Waals surface area contributed by atoms with E-state index >= 15 is 0 Å². The Morgan fingerprint density at radius 2 is 2.03 bits per heavy atom. The fraction of sp³-hybridized carbons (Fsp3) is 0.375. The number of benzene rings is 2. The predicted octanol–water partition coefficient (Wildman–Crippen LogP) is 4.26. The van der Waals surface area contributed by atoms with Crippen LogP contribution >= 0.6 is 11.9 Å². The highest BCUT2D eigenvalue weighted by Crippen LogP contribution is 2.59. The number of methoxy groups -OCH3 is 1. The van der Waals surface area contributed by atoms with Crippen molar-refractivity contribution in [3.63, 3.8) is 0 Å². The molecule has 31 heavy (non-hydrogen) atoms. The van der Waals surface area contributed by atoms with Crippen LogP contribution in [-0.2, 0) is 11.8 Å². The van der Waals surface area contributed by atoms with Gasteiger partial charge in [0.1, 0.15) is 5.75 Å². The summed E-state index contributed by atoms with van der Waals surface area (Å²) in [6.45, 7) is 1.38. The maximum Gasteiger partial charge on any atom is 0.185 e. The monoisotopic (exact) mass is 435 g/mol. The van der Waals surface area contributed by atoms with Crippen LogP contribution in [0, 0.1) is 0 Å². The number of para-hydroxylation sites is 1. The number of rotatable bonds is 5. The van der Waals surface area contributed by atoms with Crippen LogP contribution < -0.4 is 13.9 Å². The van der Waals surface area contributed by atoms with E-state index in [1.807, 2.05) is 25.2 Å². The topological polar surface area (TPSA) is 62.0 Å². The number of hydrogen-bond donors (Lipinski definition) is 1. The van der Waals surface area contributed by atoms with Gasteiger partial charge in [-0.2, -0.15) is 0 Å². The Bertz CT molecular complexity index is 1150. The lowest BCUT2D eigenvalue weighted by atomic mass is 9.79. The van der Waals surface area contributed by atoms with Gasteiger partial charge in [0.15, 0.2) is 11.6 Å². The number of aromatic nitrogens is 1. The van der Waals surface area contributed by atoms with Crippen molar-refractivity contribution in [2.24, 2.45) is 0 Å². The van der Waals surface area contributed by atoms with Crippen molar-refractivity contribution < 1.29 is 14.4 Å². The molecule has 1 saturated heterocycles. The minimum absolute atomic E-state index is 0.214. The second-order valence-corrected chi connectivity index (χ2v) is 9.97. The van der Waals surface area contributed by atoms with Gasteiger partial charge in [0.05, 0.1) is 18.1 Å². The van der Waals surface area contributed by atoms with Crippen molar-refractivity contribution in [3.05, 3.63) is 53.6 Å². The average molecular weight is 436 g/mol. The Kier molecular flexibility index (Phi) is 4.27. The van der Waals surface area contributed by atoms with Gasteiger partial charge in [-0.05, 0) is 61.0 Å². The molecule has 2 aliphatic carbocycles. The normalized spacial score (nSPS) is 18.4. The van der Waals surface area contributed by atoms with E-state index in [0.29, 0.717) is 13.1 Å². The molecule has 0 bridgehead atoms. The molecule has 2 fully saturated rings. The number of nitrogens with zero attached hydrogens (tertiary/aromatic N) is 3. The molecule has 0 unspecified atom stereocenters. The lowest BCUT2D eigenvalue weighted by molar-refractivity contribution is 0.142. The Morgan fingerprint density at radius 3 is 2.77 bits per heavy atom. The highest BCUT2D eigenvalue weighted by molar-refractivity contribution is 8.00. The summed E-state index contributed by atoms with van der Waals surface area (Å²) in [4.78, 5) is 3.25. The number of aliphatic hydroxyl groups is 1. The van der Waals surface area contributed by atoms with Crippen LogP contribution in [0.5, 0.6) is 5.75 Å². The number of anilines is 2. The molecule has 7 heteroatoms. The molecule has 6 rings (SSSR count). The molecule has 1 spiro atoms. The summed E-state index contributed by atoms with van der Waals surface area (Å²) in [5.41, 5.74) is 5.09. The van der Waals surface area contributed by atoms with Gasteiger partial charge in [-0.15, -0.1) is 0 Å². The first-order valence-corrected chi connectivity index (χ1v) is 11.5. The number of aliphatic hydroxyl groups excluding tert-OH is 1. The first-order chi connectivity index (χ1) is 15.1. The third kappa shape index (κ3) is 3.02. The van der Waals surface area contributed by atoms with Crippen molar-refractivity contribution in [2.45, 2.75) is 35.7 Å².